The van der Waals surface area contributed by atoms with Gasteiger partial charge in [0.25, 0.3) is 5.91 Å². The van der Waals surface area contributed by atoms with Gasteiger partial charge in [-0.15, -0.1) is 0 Å². The van der Waals surface area contributed by atoms with Crippen molar-refractivity contribution in [1.29, 1.82) is 0 Å². The SMILES string of the molecule is CSCCC(CO)NC(=O)c1csnc1C. The molecule has 1 rings (SSSR count). The normalized spacial score (nSPS) is 12.4. The summed E-state index contributed by atoms with van der Waals surface area (Å²) in [5.74, 6) is 0.776. The molecule has 1 aromatic heterocycles. The van der Waals surface area contributed by atoms with Gasteiger partial charge < -0.3 is 10.4 Å². The Morgan fingerprint density at radius 2 is 2.50 bits per heavy atom. The number of carbonyl (C=O) groups is 1. The van der Waals surface area contributed by atoms with Gasteiger partial charge in [-0.25, -0.2) is 0 Å². The van der Waals surface area contributed by atoms with Crippen molar-refractivity contribution in [3.05, 3.63) is 16.6 Å². The molecule has 0 saturated heterocycles. The van der Waals surface area contributed by atoms with Crippen LogP contribution in [0.3, 0.4) is 0 Å². The van der Waals surface area contributed by atoms with Gasteiger partial charge in [0.1, 0.15) is 0 Å². The van der Waals surface area contributed by atoms with Crippen molar-refractivity contribution in [2.75, 3.05) is 18.6 Å². The summed E-state index contributed by atoms with van der Waals surface area (Å²) in [5, 5.41) is 13.7. The Kier molecular flexibility index (Phi) is 5.79. The molecule has 0 bridgehead atoms. The predicted molar refractivity (Wildman–Crippen MR) is 68.2 cm³/mol. The van der Waals surface area contributed by atoms with Gasteiger partial charge in [0.15, 0.2) is 0 Å². The first-order valence-electron chi connectivity index (χ1n) is 5.00. The Bertz CT molecular complexity index is 341. The molecule has 1 atom stereocenters. The summed E-state index contributed by atoms with van der Waals surface area (Å²) in [6, 6.07) is -0.167. The second-order valence-electron chi connectivity index (χ2n) is 3.45. The number of nitrogens with zero attached hydrogens (tertiary/aromatic N) is 1. The molecule has 90 valence electrons. The number of aliphatic hydroxyl groups excluding tert-OH is 1. The van der Waals surface area contributed by atoms with Crippen LogP contribution in [0, 0.1) is 6.92 Å². The first-order valence-corrected chi connectivity index (χ1v) is 7.23. The van der Waals surface area contributed by atoms with Crippen LogP contribution in [0.25, 0.3) is 0 Å². The van der Waals surface area contributed by atoms with Crippen molar-refractivity contribution < 1.29 is 9.90 Å². The van der Waals surface area contributed by atoms with Crippen molar-refractivity contribution in [3.8, 4) is 0 Å². The number of rotatable bonds is 6. The number of hydrogen-bond donors (Lipinski definition) is 2. The minimum absolute atomic E-state index is 0.0249. The quantitative estimate of drug-likeness (QED) is 0.809. The van der Waals surface area contributed by atoms with Crippen LogP contribution in [-0.4, -0.2) is 40.0 Å². The number of aryl methyl sites for hydroxylation is 1. The Morgan fingerprint density at radius 1 is 1.75 bits per heavy atom. The highest BCUT2D eigenvalue weighted by molar-refractivity contribution is 7.98. The fourth-order valence-electron chi connectivity index (χ4n) is 1.24. The number of aromatic nitrogens is 1. The van der Waals surface area contributed by atoms with E-state index in [4.69, 9.17) is 5.11 Å². The average molecular weight is 260 g/mol. The third-order valence-electron chi connectivity index (χ3n) is 2.22. The van der Waals surface area contributed by atoms with Crippen molar-refractivity contribution >= 4 is 29.2 Å². The average Bonchev–Trinajstić information content (AvgIpc) is 2.70. The van der Waals surface area contributed by atoms with Gasteiger partial charge in [-0.3, -0.25) is 4.79 Å². The van der Waals surface area contributed by atoms with Crippen LogP contribution in [0.5, 0.6) is 0 Å². The smallest absolute Gasteiger partial charge is 0.254 e. The molecule has 4 nitrogen and oxygen atoms in total. The molecule has 6 heteroatoms. The molecule has 0 saturated carbocycles. The topological polar surface area (TPSA) is 62.2 Å². The predicted octanol–water partition coefficient (Wildman–Crippen LogP) is 1.30. The van der Waals surface area contributed by atoms with Crippen LogP contribution in [0.1, 0.15) is 22.5 Å². The van der Waals surface area contributed by atoms with E-state index >= 15 is 0 Å². The second kappa shape index (κ2) is 6.88. The molecular weight excluding hydrogens is 244 g/mol. The molecule has 1 heterocycles. The highest BCUT2D eigenvalue weighted by Crippen LogP contribution is 2.09. The summed E-state index contributed by atoms with van der Waals surface area (Å²) in [7, 11) is 0. The van der Waals surface area contributed by atoms with Gasteiger partial charge in [-0.05, 0) is 36.9 Å². The Hall–Kier alpha value is -0.590. The zero-order valence-corrected chi connectivity index (χ0v) is 11.0. The summed E-state index contributed by atoms with van der Waals surface area (Å²) in [4.78, 5) is 11.8. The summed E-state index contributed by atoms with van der Waals surface area (Å²) < 4.78 is 4.05. The van der Waals surface area contributed by atoms with Gasteiger partial charge >= 0.3 is 0 Å². The minimum Gasteiger partial charge on any atom is -0.394 e. The molecule has 0 aromatic carbocycles. The first kappa shape index (κ1) is 13.5. The number of nitrogens with one attached hydrogen (secondary N) is 1. The summed E-state index contributed by atoms with van der Waals surface area (Å²) in [6.07, 6.45) is 2.78. The molecule has 0 fully saturated rings. The zero-order chi connectivity index (χ0) is 12.0. The number of carbonyl (C=O) groups excluding carboxylic acids is 1. The van der Waals surface area contributed by atoms with Gasteiger partial charge in [-0.1, -0.05) is 0 Å². The van der Waals surface area contributed by atoms with Crippen molar-refractivity contribution in [2.45, 2.75) is 19.4 Å². The molecule has 1 aromatic rings. The van der Waals surface area contributed by atoms with E-state index < -0.39 is 0 Å². The van der Waals surface area contributed by atoms with Gasteiger partial charge in [0, 0.05) is 5.38 Å². The maximum Gasteiger partial charge on any atom is 0.254 e. The second-order valence-corrected chi connectivity index (χ2v) is 5.06. The van der Waals surface area contributed by atoms with Crippen LogP contribution in [0.15, 0.2) is 5.38 Å². The van der Waals surface area contributed by atoms with Crippen LogP contribution < -0.4 is 5.32 Å². The van der Waals surface area contributed by atoms with Crippen LogP contribution in [0.2, 0.25) is 0 Å². The Morgan fingerprint density at radius 3 is 3.00 bits per heavy atom. The molecule has 0 aliphatic rings. The maximum absolute atomic E-state index is 11.8. The molecular formula is C10H16N2O2S2. The molecule has 0 spiro atoms. The van der Waals surface area contributed by atoms with E-state index in [2.05, 4.69) is 9.69 Å². The zero-order valence-electron chi connectivity index (χ0n) is 9.40. The fourth-order valence-corrected chi connectivity index (χ4v) is 2.46. The van der Waals surface area contributed by atoms with E-state index in [-0.39, 0.29) is 18.6 Å². The van der Waals surface area contributed by atoms with E-state index in [1.165, 1.54) is 11.5 Å². The molecule has 0 aliphatic heterocycles. The first-order chi connectivity index (χ1) is 7.69. The summed E-state index contributed by atoms with van der Waals surface area (Å²) in [5.41, 5.74) is 1.34. The van der Waals surface area contributed by atoms with Crippen molar-refractivity contribution in [2.24, 2.45) is 0 Å². The fraction of sp³-hybridized carbons (Fsp3) is 0.600. The maximum atomic E-state index is 11.8. The Labute approximate surface area is 104 Å². The standard InChI is InChI=1S/C10H16N2O2S2/c1-7-9(6-16-12-7)10(14)11-8(5-13)3-4-15-2/h6,8,13H,3-5H2,1-2H3,(H,11,14). The minimum atomic E-state index is -0.167. The molecule has 0 aliphatic carbocycles. The highest BCUT2D eigenvalue weighted by Gasteiger charge is 2.15. The third-order valence-corrected chi connectivity index (χ3v) is 3.58. The summed E-state index contributed by atoms with van der Waals surface area (Å²) >= 11 is 2.97. The van der Waals surface area contributed by atoms with E-state index in [9.17, 15) is 4.79 Å². The lowest BCUT2D eigenvalue weighted by Crippen LogP contribution is -2.38. The molecule has 0 radical (unpaired) electrons. The lowest BCUT2D eigenvalue weighted by molar-refractivity contribution is 0.0915. The van der Waals surface area contributed by atoms with Gasteiger partial charge in [-0.2, -0.15) is 16.1 Å². The molecule has 2 N–H and O–H groups in total. The van der Waals surface area contributed by atoms with Gasteiger partial charge in [0.05, 0.1) is 23.9 Å². The van der Waals surface area contributed by atoms with E-state index in [1.54, 1.807) is 24.1 Å². The molecule has 1 amide bonds. The number of thioether (sulfide) groups is 1. The third kappa shape index (κ3) is 3.77. The van der Waals surface area contributed by atoms with Crippen LogP contribution >= 0.6 is 23.3 Å². The molecule has 1 unspecified atom stereocenters. The molecule has 16 heavy (non-hydrogen) atoms. The van der Waals surface area contributed by atoms with Crippen LogP contribution in [0.4, 0.5) is 0 Å². The van der Waals surface area contributed by atoms with E-state index in [0.717, 1.165) is 17.9 Å². The lowest BCUT2D eigenvalue weighted by Gasteiger charge is -2.15. The van der Waals surface area contributed by atoms with Gasteiger partial charge in [0.2, 0.25) is 0 Å². The monoisotopic (exact) mass is 260 g/mol. The lowest BCUT2D eigenvalue weighted by atomic mass is 10.2. The Balaban J connectivity index is 2.52. The van der Waals surface area contributed by atoms with E-state index in [0.29, 0.717) is 5.56 Å². The highest BCUT2D eigenvalue weighted by atomic mass is 32.2. The number of amides is 1. The number of aliphatic hydroxyl groups is 1. The van der Waals surface area contributed by atoms with E-state index in [1.807, 2.05) is 6.26 Å². The largest absolute Gasteiger partial charge is 0.394 e. The van der Waals surface area contributed by atoms with Crippen LogP contribution in [-0.2, 0) is 0 Å². The number of hydrogen-bond acceptors (Lipinski definition) is 5. The summed E-state index contributed by atoms with van der Waals surface area (Å²) in [6.45, 7) is 1.78. The van der Waals surface area contributed by atoms with Crippen molar-refractivity contribution in [3.63, 3.8) is 0 Å². The van der Waals surface area contributed by atoms with Crippen molar-refractivity contribution in [1.82, 2.24) is 9.69 Å².